The van der Waals surface area contributed by atoms with E-state index >= 15 is 0 Å². The first-order valence-electron chi connectivity index (χ1n) is 7.90. The highest BCUT2D eigenvalue weighted by Crippen LogP contribution is 2.38. The Morgan fingerprint density at radius 3 is 2.65 bits per heavy atom. The van der Waals surface area contributed by atoms with Crippen LogP contribution in [-0.2, 0) is 11.3 Å². The number of carbonyl (C=O) groups excluding carboxylic acids is 2. The van der Waals surface area contributed by atoms with Gasteiger partial charge in [-0.1, -0.05) is 36.9 Å². The van der Waals surface area contributed by atoms with Gasteiger partial charge in [0.05, 0.1) is 28.5 Å². The minimum absolute atomic E-state index is 0.175. The molecule has 2 heterocycles. The molecule has 1 aliphatic rings. The van der Waals surface area contributed by atoms with Crippen LogP contribution in [-0.4, -0.2) is 14.9 Å². The summed E-state index contributed by atoms with van der Waals surface area (Å²) in [7, 11) is 0. The second kappa shape index (κ2) is 6.21. The fourth-order valence-corrected chi connectivity index (χ4v) is 3.77. The van der Waals surface area contributed by atoms with E-state index in [2.05, 4.69) is 12.6 Å². The highest BCUT2D eigenvalue weighted by Gasteiger charge is 2.36. The van der Waals surface area contributed by atoms with Gasteiger partial charge in [0.25, 0.3) is 5.24 Å². The molecule has 1 aromatic heterocycles. The molecule has 0 atom stereocenters. The lowest BCUT2D eigenvalue weighted by Crippen LogP contribution is -2.20. The Balaban J connectivity index is 1.82. The zero-order valence-electron chi connectivity index (χ0n) is 13.7. The van der Waals surface area contributed by atoms with Crippen molar-refractivity contribution in [3.63, 3.8) is 0 Å². The number of benzene rings is 2. The Bertz CT molecular complexity index is 1120. The second-order valence-electron chi connectivity index (χ2n) is 5.91. The SMILES string of the molecule is C=C1C(=O)SC(=O)N1c1cn(Cc2cccc(C#N)c2)c2ccccc12. The van der Waals surface area contributed by atoms with E-state index in [-0.39, 0.29) is 16.1 Å². The highest BCUT2D eigenvalue weighted by molar-refractivity contribution is 8.27. The highest BCUT2D eigenvalue weighted by atomic mass is 32.2. The van der Waals surface area contributed by atoms with Crippen LogP contribution in [0.25, 0.3) is 10.9 Å². The third-order valence-electron chi connectivity index (χ3n) is 4.29. The quantitative estimate of drug-likeness (QED) is 0.655. The van der Waals surface area contributed by atoms with Crippen LogP contribution < -0.4 is 4.90 Å². The van der Waals surface area contributed by atoms with Crippen LogP contribution in [0.1, 0.15) is 11.1 Å². The van der Waals surface area contributed by atoms with Gasteiger partial charge in [-0.3, -0.25) is 14.5 Å². The number of para-hydroxylation sites is 1. The fraction of sp³-hybridized carbons (Fsp3) is 0.0500. The van der Waals surface area contributed by atoms with E-state index < -0.39 is 0 Å². The molecule has 0 aliphatic carbocycles. The molecule has 0 saturated carbocycles. The number of nitriles is 1. The van der Waals surface area contributed by atoms with Crippen molar-refractivity contribution in [2.24, 2.45) is 0 Å². The average molecular weight is 359 g/mol. The summed E-state index contributed by atoms with van der Waals surface area (Å²) in [4.78, 5) is 25.5. The summed E-state index contributed by atoms with van der Waals surface area (Å²) in [5.41, 5.74) is 3.34. The Labute approximate surface area is 154 Å². The molecule has 0 bridgehead atoms. The molecule has 1 amide bonds. The van der Waals surface area contributed by atoms with Crippen molar-refractivity contribution in [2.45, 2.75) is 6.54 Å². The maximum absolute atomic E-state index is 12.3. The normalized spacial score (nSPS) is 14.3. The lowest BCUT2D eigenvalue weighted by atomic mass is 10.1. The minimum atomic E-state index is -0.339. The van der Waals surface area contributed by atoms with Crippen LogP contribution >= 0.6 is 11.8 Å². The van der Waals surface area contributed by atoms with Gasteiger partial charge in [-0.2, -0.15) is 5.26 Å². The summed E-state index contributed by atoms with van der Waals surface area (Å²) in [5.74, 6) is 0. The Morgan fingerprint density at radius 2 is 1.92 bits per heavy atom. The third kappa shape index (κ3) is 2.59. The molecule has 0 radical (unpaired) electrons. The van der Waals surface area contributed by atoms with Gasteiger partial charge in [-0.15, -0.1) is 0 Å². The molecule has 6 heteroatoms. The number of hydrogen-bond acceptors (Lipinski definition) is 4. The molecule has 4 rings (SSSR count). The number of amides is 1. The van der Waals surface area contributed by atoms with Crippen molar-refractivity contribution < 1.29 is 9.59 Å². The number of fused-ring (bicyclic) bond motifs is 1. The smallest absolute Gasteiger partial charge is 0.298 e. The monoisotopic (exact) mass is 359 g/mol. The minimum Gasteiger partial charge on any atom is -0.341 e. The van der Waals surface area contributed by atoms with Gasteiger partial charge in [0.15, 0.2) is 0 Å². The molecule has 5 nitrogen and oxygen atoms in total. The van der Waals surface area contributed by atoms with Crippen LogP contribution in [0, 0.1) is 11.3 Å². The fourth-order valence-electron chi connectivity index (χ4n) is 3.10. The molecule has 1 saturated heterocycles. The van der Waals surface area contributed by atoms with Crippen LogP contribution in [0.15, 0.2) is 67.0 Å². The molecule has 3 aromatic rings. The number of hydrogen-bond donors (Lipinski definition) is 0. The number of rotatable bonds is 3. The Kier molecular flexibility index (Phi) is 3.86. The van der Waals surface area contributed by atoms with E-state index in [1.165, 1.54) is 4.90 Å². The largest absolute Gasteiger partial charge is 0.341 e. The zero-order chi connectivity index (χ0) is 18.3. The molecule has 1 fully saturated rings. The van der Waals surface area contributed by atoms with Crippen LogP contribution in [0.3, 0.4) is 0 Å². The van der Waals surface area contributed by atoms with Gasteiger partial charge in [-0.25, -0.2) is 0 Å². The van der Waals surface area contributed by atoms with Crippen LogP contribution in [0.2, 0.25) is 0 Å². The van der Waals surface area contributed by atoms with Crippen molar-refractivity contribution in [3.05, 3.63) is 78.1 Å². The number of anilines is 1. The van der Waals surface area contributed by atoms with E-state index in [4.69, 9.17) is 5.26 Å². The number of carbonyl (C=O) groups is 2. The molecule has 126 valence electrons. The molecule has 1 aliphatic heterocycles. The molecule has 26 heavy (non-hydrogen) atoms. The second-order valence-corrected chi connectivity index (χ2v) is 6.83. The first kappa shape index (κ1) is 16.2. The summed E-state index contributed by atoms with van der Waals surface area (Å²) in [6.45, 7) is 4.30. The van der Waals surface area contributed by atoms with Gasteiger partial charge in [0.2, 0.25) is 5.12 Å². The molecular weight excluding hydrogens is 346 g/mol. The predicted molar refractivity (Wildman–Crippen MR) is 102 cm³/mol. The van der Waals surface area contributed by atoms with Gasteiger partial charge < -0.3 is 4.57 Å². The molecule has 2 aromatic carbocycles. The third-order valence-corrected chi connectivity index (χ3v) is 5.06. The van der Waals surface area contributed by atoms with Crippen molar-refractivity contribution in [1.82, 2.24) is 4.57 Å². The van der Waals surface area contributed by atoms with E-state index in [1.807, 2.05) is 53.2 Å². The number of nitrogens with zero attached hydrogens (tertiary/aromatic N) is 3. The van der Waals surface area contributed by atoms with Crippen LogP contribution in [0.4, 0.5) is 10.5 Å². The summed E-state index contributed by atoms with van der Waals surface area (Å²) < 4.78 is 2.01. The summed E-state index contributed by atoms with van der Waals surface area (Å²) >= 11 is 0.661. The molecule has 0 spiro atoms. The molecular formula is C20H13N3O2S. The maximum Gasteiger partial charge on any atom is 0.298 e. The van der Waals surface area contributed by atoms with Gasteiger partial charge >= 0.3 is 0 Å². The molecule has 0 N–H and O–H groups in total. The van der Waals surface area contributed by atoms with Crippen molar-refractivity contribution in [3.8, 4) is 6.07 Å². The Morgan fingerprint density at radius 1 is 1.12 bits per heavy atom. The van der Waals surface area contributed by atoms with Gasteiger partial charge in [0, 0.05) is 29.9 Å². The van der Waals surface area contributed by atoms with E-state index in [9.17, 15) is 9.59 Å². The van der Waals surface area contributed by atoms with E-state index in [0.717, 1.165) is 16.5 Å². The first-order valence-corrected chi connectivity index (χ1v) is 8.72. The van der Waals surface area contributed by atoms with Crippen LogP contribution in [0.5, 0.6) is 0 Å². The Hall–Kier alpha value is -3.30. The van der Waals surface area contributed by atoms with Crippen molar-refractivity contribution in [2.75, 3.05) is 4.90 Å². The average Bonchev–Trinajstić information content (AvgIpc) is 3.12. The van der Waals surface area contributed by atoms with Gasteiger partial charge in [-0.05, 0) is 23.8 Å². The van der Waals surface area contributed by atoms with Gasteiger partial charge in [0.1, 0.15) is 0 Å². The zero-order valence-corrected chi connectivity index (χ0v) is 14.5. The summed E-state index contributed by atoms with van der Waals surface area (Å²) in [6, 6.07) is 17.2. The summed E-state index contributed by atoms with van der Waals surface area (Å²) in [5, 5.41) is 9.29. The van der Waals surface area contributed by atoms with Crippen molar-refractivity contribution in [1.29, 1.82) is 5.26 Å². The lowest BCUT2D eigenvalue weighted by molar-refractivity contribution is -0.107. The number of aromatic nitrogens is 1. The molecule has 0 unspecified atom stereocenters. The number of thioether (sulfide) groups is 1. The van der Waals surface area contributed by atoms with E-state index in [1.54, 1.807) is 6.07 Å². The van der Waals surface area contributed by atoms with E-state index in [0.29, 0.717) is 29.6 Å². The van der Waals surface area contributed by atoms with Crippen molar-refractivity contribution >= 4 is 38.7 Å². The first-order chi connectivity index (χ1) is 12.6. The maximum atomic E-state index is 12.3. The topological polar surface area (TPSA) is 66.1 Å². The lowest BCUT2D eigenvalue weighted by Gasteiger charge is -2.13. The summed E-state index contributed by atoms with van der Waals surface area (Å²) in [6.07, 6.45) is 1.85. The predicted octanol–water partition coefficient (Wildman–Crippen LogP) is 4.27. The standard InChI is InChI=1S/C20H13N3O2S/c1-13-19(24)26-20(25)23(13)18-12-22(17-8-3-2-7-16(17)18)11-15-6-4-5-14(9-15)10-21/h2-9,12H,1,11H2.